The van der Waals surface area contributed by atoms with Crippen LogP contribution in [0.2, 0.25) is 0 Å². The van der Waals surface area contributed by atoms with Crippen LogP contribution in [-0.4, -0.2) is 5.66 Å². The maximum absolute atomic E-state index is 7.39. The number of rotatable bonds is 2. The summed E-state index contributed by atoms with van der Waals surface area (Å²) in [7, 11) is 0. The molecule has 1 spiro atoms. The van der Waals surface area contributed by atoms with Crippen molar-refractivity contribution in [2.24, 2.45) is 0 Å². The summed E-state index contributed by atoms with van der Waals surface area (Å²) in [6.45, 7) is -0.656. The van der Waals surface area contributed by atoms with E-state index >= 15 is 0 Å². The molecule has 148 valence electrons. The Morgan fingerprint density at radius 3 is 1.80 bits per heavy atom. The molecule has 4 aromatic rings. The third-order valence-electron chi connectivity index (χ3n) is 7.08. The van der Waals surface area contributed by atoms with E-state index in [0.717, 1.165) is 4.47 Å². The van der Waals surface area contributed by atoms with Gasteiger partial charge < -0.3 is 0 Å². The first-order valence-corrected chi connectivity index (χ1v) is 13.4. The van der Waals surface area contributed by atoms with Gasteiger partial charge in [0.25, 0.3) is 0 Å². The first kappa shape index (κ1) is 18.5. The molecule has 0 radical (unpaired) electrons. The van der Waals surface area contributed by atoms with Gasteiger partial charge in [-0.15, -0.1) is 0 Å². The van der Waals surface area contributed by atoms with Gasteiger partial charge in [-0.25, -0.2) is 0 Å². The fourth-order valence-corrected chi connectivity index (χ4v) is 13.2. The summed E-state index contributed by atoms with van der Waals surface area (Å²) in [5, 5.41) is 4.09. The van der Waals surface area contributed by atoms with Crippen molar-refractivity contribution in [2.45, 2.75) is 18.7 Å². The molecule has 2 aliphatic rings. The van der Waals surface area contributed by atoms with E-state index in [2.05, 4.69) is 126 Å². The van der Waals surface area contributed by atoms with Crippen molar-refractivity contribution in [3.8, 4) is 11.1 Å². The normalized spacial score (nSPS) is 23.6. The second-order valence-corrected chi connectivity index (χ2v) is 13.8. The van der Waals surface area contributed by atoms with Crippen LogP contribution in [-0.2, 0) is 4.52 Å². The van der Waals surface area contributed by atoms with Gasteiger partial charge in [0, 0.05) is 0 Å². The molecule has 0 bridgehead atoms. The second kappa shape index (κ2) is 6.37. The second-order valence-electron chi connectivity index (χ2n) is 8.26. The van der Waals surface area contributed by atoms with Crippen LogP contribution >= 0.6 is 22.8 Å². The first-order chi connectivity index (χ1) is 14.7. The van der Waals surface area contributed by atoms with Crippen LogP contribution in [0.3, 0.4) is 0 Å². The van der Waals surface area contributed by atoms with Crippen LogP contribution in [0.5, 0.6) is 0 Å². The maximum atomic E-state index is 7.39. The molecule has 2 unspecified atom stereocenters. The summed E-state index contributed by atoms with van der Waals surface area (Å²) in [6.07, 6.45) is 0.0534. The van der Waals surface area contributed by atoms with Crippen LogP contribution in [0, 0.1) is 0 Å². The minimum atomic E-state index is -3.06. The van der Waals surface area contributed by atoms with Crippen molar-refractivity contribution in [3.05, 3.63) is 113 Å². The van der Waals surface area contributed by atoms with E-state index < -0.39 is 6.83 Å². The number of halogens is 1. The fraction of sp³-hybridized carbons (Fsp3) is 0.111. The third kappa shape index (κ3) is 2.00. The van der Waals surface area contributed by atoms with Crippen molar-refractivity contribution < 1.29 is 4.52 Å². The summed E-state index contributed by atoms with van der Waals surface area (Å²) < 4.78 is 8.51. The standard InChI is InChI=1S/C27H22BrOP/c1-19-27(23-15-5-8-16-24(23)28)29-30(19,20-11-3-2-4-12-20)25-17-9-6-13-21(25)22-14-7-10-18-26(22)30/h2-19,27H,1H3. The molecule has 3 heteroatoms. The molecular formula is C27H22BrOP. The fourth-order valence-electron chi connectivity index (χ4n) is 5.80. The molecule has 1 nitrogen and oxygen atoms in total. The molecule has 1 saturated heterocycles. The van der Waals surface area contributed by atoms with Gasteiger partial charge in [0.2, 0.25) is 0 Å². The molecule has 30 heavy (non-hydrogen) atoms. The number of fused-ring (bicyclic) bond motifs is 5. The SMILES string of the molecule is CC1C(c2ccccc2Br)OP12(c1ccccc1)c1ccccc1-c1ccccc12. The number of hydrogen-bond donors (Lipinski definition) is 0. The zero-order valence-electron chi connectivity index (χ0n) is 16.7. The molecule has 1 fully saturated rings. The molecular weight excluding hydrogens is 451 g/mol. The predicted molar refractivity (Wildman–Crippen MR) is 132 cm³/mol. The Hall–Kier alpha value is -2.25. The van der Waals surface area contributed by atoms with Gasteiger partial charge in [0.05, 0.1) is 0 Å². The van der Waals surface area contributed by atoms with Crippen molar-refractivity contribution >= 4 is 38.7 Å². The van der Waals surface area contributed by atoms with E-state index in [-0.39, 0.29) is 6.10 Å². The average molecular weight is 473 g/mol. The van der Waals surface area contributed by atoms with Gasteiger partial charge in [-0.05, 0) is 0 Å². The van der Waals surface area contributed by atoms with E-state index in [1.807, 2.05) is 0 Å². The van der Waals surface area contributed by atoms with Gasteiger partial charge in [-0.2, -0.15) is 0 Å². The van der Waals surface area contributed by atoms with Gasteiger partial charge in [-0.1, -0.05) is 0 Å². The predicted octanol–water partition coefficient (Wildman–Crippen LogP) is 6.33. The summed E-state index contributed by atoms with van der Waals surface area (Å²) >= 11 is 3.77. The van der Waals surface area contributed by atoms with Crippen molar-refractivity contribution in [1.82, 2.24) is 0 Å². The van der Waals surface area contributed by atoms with Crippen LogP contribution in [0.1, 0.15) is 18.6 Å². The summed E-state index contributed by atoms with van der Waals surface area (Å²) in [4.78, 5) is 0. The zero-order chi connectivity index (χ0) is 20.4. The quantitative estimate of drug-likeness (QED) is 0.309. The van der Waals surface area contributed by atoms with Gasteiger partial charge >= 0.3 is 186 Å². The Labute approximate surface area is 185 Å². The first-order valence-electron chi connectivity index (χ1n) is 10.4. The van der Waals surface area contributed by atoms with Crippen LogP contribution in [0.15, 0.2) is 108 Å². The molecule has 4 aromatic carbocycles. The van der Waals surface area contributed by atoms with Crippen LogP contribution in [0.4, 0.5) is 0 Å². The Bertz CT molecular complexity index is 1240. The molecule has 2 heterocycles. The Morgan fingerprint density at radius 2 is 1.20 bits per heavy atom. The van der Waals surface area contributed by atoms with Crippen molar-refractivity contribution in [3.63, 3.8) is 0 Å². The summed E-state index contributed by atoms with van der Waals surface area (Å²) in [5.74, 6) is 0. The minimum absolute atomic E-state index is 0.0534. The van der Waals surface area contributed by atoms with Crippen LogP contribution in [0.25, 0.3) is 11.1 Å². The number of benzene rings is 4. The van der Waals surface area contributed by atoms with E-state index in [1.54, 1.807) is 0 Å². The summed E-state index contributed by atoms with van der Waals surface area (Å²) in [6, 6.07) is 37.2. The summed E-state index contributed by atoms with van der Waals surface area (Å²) in [5.41, 5.74) is 4.22. The Balaban J connectivity index is 1.71. The molecule has 0 amide bonds. The molecule has 0 aliphatic carbocycles. The van der Waals surface area contributed by atoms with E-state index in [9.17, 15) is 0 Å². The topological polar surface area (TPSA) is 9.23 Å². The molecule has 0 N–H and O–H groups in total. The van der Waals surface area contributed by atoms with Gasteiger partial charge in [-0.3, -0.25) is 0 Å². The Kier molecular flexibility index (Phi) is 3.93. The molecule has 2 atom stereocenters. The molecule has 6 rings (SSSR count). The van der Waals surface area contributed by atoms with E-state index in [0.29, 0.717) is 5.66 Å². The Morgan fingerprint density at radius 1 is 0.667 bits per heavy atom. The third-order valence-corrected chi connectivity index (χ3v) is 14.3. The van der Waals surface area contributed by atoms with Gasteiger partial charge in [0.15, 0.2) is 0 Å². The van der Waals surface area contributed by atoms with Crippen molar-refractivity contribution in [2.75, 3.05) is 0 Å². The molecule has 0 aromatic heterocycles. The number of hydrogen-bond acceptors (Lipinski definition) is 1. The average Bonchev–Trinajstić information content (AvgIpc) is 3.08. The molecule has 2 aliphatic heterocycles. The van der Waals surface area contributed by atoms with Crippen LogP contribution < -0.4 is 15.9 Å². The molecule has 0 saturated carbocycles. The van der Waals surface area contributed by atoms with E-state index in [4.69, 9.17) is 4.52 Å². The monoisotopic (exact) mass is 472 g/mol. The van der Waals surface area contributed by atoms with E-state index in [1.165, 1.54) is 32.6 Å². The zero-order valence-corrected chi connectivity index (χ0v) is 19.2. The van der Waals surface area contributed by atoms with Gasteiger partial charge in [0.1, 0.15) is 0 Å². The van der Waals surface area contributed by atoms with Crippen molar-refractivity contribution in [1.29, 1.82) is 0 Å².